The maximum absolute atomic E-state index is 11.7. The number of para-hydroxylation sites is 1. The molecular formula is C15H23NO4. The number of nitrogens with zero attached hydrogens (tertiary/aromatic N) is 1. The number of benzene rings is 1. The molecule has 112 valence electrons. The lowest BCUT2D eigenvalue weighted by atomic mass is 10.1. The maximum Gasteiger partial charge on any atom is 0.339 e. The van der Waals surface area contributed by atoms with Gasteiger partial charge in [-0.3, -0.25) is 0 Å². The molecule has 0 spiro atoms. The van der Waals surface area contributed by atoms with Crippen LogP contribution in [0.2, 0.25) is 0 Å². The number of hydrogen-bond acceptors (Lipinski definition) is 5. The van der Waals surface area contributed by atoms with Crippen molar-refractivity contribution in [3.8, 4) is 0 Å². The minimum absolute atomic E-state index is 0.325. The maximum atomic E-state index is 11.7. The zero-order valence-electron chi connectivity index (χ0n) is 12.4. The van der Waals surface area contributed by atoms with Crippen LogP contribution >= 0.6 is 0 Å². The van der Waals surface area contributed by atoms with Gasteiger partial charge in [-0.15, -0.1) is 0 Å². The molecule has 1 aromatic rings. The summed E-state index contributed by atoms with van der Waals surface area (Å²) in [6.07, 6.45) is 0.888. The lowest BCUT2D eigenvalue weighted by Crippen LogP contribution is -2.25. The summed E-state index contributed by atoms with van der Waals surface area (Å²) in [7, 11) is 5.00. The Hall–Kier alpha value is -1.59. The summed E-state index contributed by atoms with van der Waals surface area (Å²) in [5.41, 5.74) is 1.41. The molecule has 0 amide bonds. The van der Waals surface area contributed by atoms with E-state index in [0.717, 1.165) is 12.1 Å². The van der Waals surface area contributed by atoms with Gasteiger partial charge in [0.15, 0.2) is 0 Å². The van der Waals surface area contributed by atoms with Crippen LogP contribution in [0.5, 0.6) is 0 Å². The second-order valence-corrected chi connectivity index (χ2v) is 4.39. The average molecular weight is 281 g/mol. The lowest BCUT2D eigenvalue weighted by molar-refractivity contribution is 0.0601. The number of carbonyl (C=O) groups excluding carboxylic acids is 1. The van der Waals surface area contributed by atoms with Gasteiger partial charge in [0.05, 0.1) is 25.0 Å². The SMILES string of the molecule is COCCCOCCN(C)c1ccccc1C(=O)OC. The summed E-state index contributed by atoms with van der Waals surface area (Å²) < 4.78 is 15.3. The van der Waals surface area contributed by atoms with Crippen molar-refractivity contribution in [3.05, 3.63) is 29.8 Å². The number of likely N-dealkylation sites (N-methyl/N-ethyl adjacent to an activating group) is 1. The number of rotatable bonds is 9. The molecule has 5 heteroatoms. The number of carbonyl (C=O) groups is 1. The van der Waals surface area contributed by atoms with Crippen molar-refractivity contribution in [1.82, 2.24) is 0 Å². The number of anilines is 1. The third kappa shape index (κ3) is 5.19. The van der Waals surface area contributed by atoms with Crippen LogP contribution in [0.15, 0.2) is 24.3 Å². The van der Waals surface area contributed by atoms with E-state index in [4.69, 9.17) is 14.2 Å². The largest absolute Gasteiger partial charge is 0.465 e. The Morgan fingerprint density at radius 1 is 1.15 bits per heavy atom. The fraction of sp³-hybridized carbons (Fsp3) is 0.533. The summed E-state index contributed by atoms with van der Waals surface area (Å²) in [4.78, 5) is 13.7. The highest BCUT2D eigenvalue weighted by Gasteiger charge is 2.13. The predicted molar refractivity (Wildman–Crippen MR) is 78.4 cm³/mol. The molecule has 1 rings (SSSR count). The highest BCUT2D eigenvalue weighted by Crippen LogP contribution is 2.19. The van der Waals surface area contributed by atoms with Crippen molar-refractivity contribution in [3.63, 3.8) is 0 Å². The van der Waals surface area contributed by atoms with Crippen molar-refractivity contribution >= 4 is 11.7 Å². The van der Waals surface area contributed by atoms with Crippen LogP contribution in [-0.2, 0) is 14.2 Å². The zero-order chi connectivity index (χ0) is 14.8. The van der Waals surface area contributed by atoms with Crippen molar-refractivity contribution < 1.29 is 19.0 Å². The van der Waals surface area contributed by atoms with E-state index in [1.165, 1.54) is 7.11 Å². The molecule has 0 aliphatic carbocycles. The van der Waals surface area contributed by atoms with E-state index in [1.54, 1.807) is 13.2 Å². The fourth-order valence-corrected chi connectivity index (χ4v) is 1.82. The monoisotopic (exact) mass is 281 g/mol. The van der Waals surface area contributed by atoms with E-state index in [2.05, 4.69) is 0 Å². The summed E-state index contributed by atoms with van der Waals surface area (Å²) in [5, 5.41) is 0. The van der Waals surface area contributed by atoms with Gasteiger partial charge >= 0.3 is 5.97 Å². The Balaban J connectivity index is 2.47. The van der Waals surface area contributed by atoms with E-state index in [9.17, 15) is 4.79 Å². The average Bonchev–Trinajstić information content (AvgIpc) is 2.49. The topological polar surface area (TPSA) is 48.0 Å². The Morgan fingerprint density at radius 2 is 1.90 bits per heavy atom. The summed E-state index contributed by atoms with van der Waals surface area (Å²) in [6, 6.07) is 7.39. The molecule has 5 nitrogen and oxygen atoms in total. The molecule has 0 radical (unpaired) electrons. The number of hydrogen-bond donors (Lipinski definition) is 0. The Bertz CT molecular complexity index is 409. The summed E-state index contributed by atoms with van der Waals surface area (Å²) >= 11 is 0. The summed E-state index contributed by atoms with van der Waals surface area (Å²) in [5.74, 6) is -0.325. The Morgan fingerprint density at radius 3 is 2.60 bits per heavy atom. The standard InChI is InChI=1S/C15H23NO4/c1-16(9-12-20-11-6-10-18-2)14-8-5-4-7-13(14)15(17)19-3/h4-5,7-8H,6,9-12H2,1-3H3. The molecule has 0 saturated carbocycles. The van der Waals surface area contributed by atoms with Gasteiger partial charge in [0, 0.05) is 33.9 Å². The normalized spacial score (nSPS) is 10.3. The van der Waals surface area contributed by atoms with Crippen molar-refractivity contribution in [2.45, 2.75) is 6.42 Å². The molecule has 0 atom stereocenters. The van der Waals surface area contributed by atoms with Gasteiger partial charge in [-0.2, -0.15) is 0 Å². The van der Waals surface area contributed by atoms with Gasteiger partial charge in [0.2, 0.25) is 0 Å². The molecule has 20 heavy (non-hydrogen) atoms. The van der Waals surface area contributed by atoms with E-state index in [-0.39, 0.29) is 5.97 Å². The van der Waals surface area contributed by atoms with Gasteiger partial charge in [0.1, 0.15) is 0 Å². The Labute approximate surface area is 120 Å². The van der Waals surface area contributed by atoms with Crippen LogP contribution in [0.1, 0.15) is 16.8 Å². The van der Waals surface area contributed by atoms with Gasteiger partial charge in [0.25, 0.3) is 0 Å². The van der Waals surface area contributed by atoms with Crippen molar-refractivity contribution in [2.75, 3.05) is 52.5 Å². The molecule has 0 heterocycles. The second kappa shape index (κ2) is 9.34. The van der Waals surface area contributed by atoms with E-state index < -0.39 is 0 Å². The van der Waals surface area contributed by atoms with Gasteiger partial charge in [-0.25, -0.2) is 4.79 Å². The molecule has 0 bridgehead atoms. The van der Waals surface area contributed by atoms with Crippen LogP contribution in [0, 0.1) is 0 Å². The first-order chi connectivity index (χ1) is 9.70. The minimum Gasteiger partial charge on any atom is -0.465 e. The summed E-state index contributed by atoms with van der Waals surface area (Å²) in [6.45, 7) is 2.71. The smallest absolute Gasteiger partial charge is 0.339 e. The first-order valence-corrected chi connectivity index (χ1v) is 6.66. The molecule has 0 N–H and O–H groups in total. The molecule has 0 aliphatic heterocycles. The van der Waals surface area contributed by atoms with Crippen molar-refractivity contribution in [2.24, 2.45) is 0 Å². The van der Waals surface area contributed by atoms with E-state index >= 15 is 0 Å². The first-order valence-electron chi connectivity index (χ1n) is 6.66. The number of ether oxygens (including phenoxy) is 3. The highest BCUT2D eigenvalue weighted by atomic mass is 16.5. The third-order valence-corrected chi connectivity index (χ3v) is 2.93. The fourth-order valence-electron chi connectivity index (χ4n) is 1.82. The molecule has 0 saturated heterocycles. The van der Waals surface area contributed by atoms with Crippen molar-refractivity contribution in [1.29, 1.82) is 0 Å². The third-order valence-electron chi connectivity index (χ3n) is 2.93. The van der Waals surface area contributed by atoms with Crippen LogP contribution < -0.4 is 4.90 Å². The van der Waals surface area contributed by atoms with Gasteiger partial charge in [-0.05, 0) is 18.6 Å². The highest BCUT2D eigenvalue weighted by molar-refractivity contribution is 5.95. The lowest BCUT2D eigenvalue weighted by Gasteiger charge is -2.21. The molecule has 0 unspecified atom stereocenters. The molecular weight excluding hydrogens is 258 g/mol. The van der Waals surface area contributed by atoms with Gasteiger partial charge in [-0.1, -0.05) is 12.1 Å². The minimum atomic E-state index is -0.325. The number of methoxy groups -OCH3 is 2. The van der Waals surface area contributed by atoms with E-state index in [1.807, 2.05) is 30.1 Å². The van der Waals surface area contributed by atoms with Crippen LogP contribution in [0.25, 0.3) is 0 Å². The van der Waals surface area contributed by atoms with E-state index in [0.29, 0.717) is 31.9 Å². The first kappa shape index (κ1) is 16.5. The molecule has 0 aromatic heterocycles. The number of esters is 1. The Kier molecular flexibility index (Phi) is 7.69. The second-order valence-electron chi connectivity index (χ2n) is 4.39. The van der Waals surface area contributed by atoms with Crippen LogP contribution in [0.3, 0.4) is 0 Å². The zero-order valence-corrected chi connectivity index (χ0v) is 12.4. The van der Waals surface area contributed by atoms with Crippen LogP contribution in [-0.4, -0.2) is 53.6 Å². The molecule has 1 aromatic carbocycles. The molecule has 0 fully saturated rings. The quantitative estimate of drug-likeness (QED) is 0.511. The predicted octanol–water partition coefficient (Wildman–Crippen LogP) is 1.96. The van der Waals surface area contributed by atoms with Crippen LogP contribution in [0.4, 0.5) is 5.69 Å². The van der Waals surface area contributed by atoms with Gasteiger partial charge < -0.3 is 19.1 Å². The molecule has 0 aliphatic rings.